The minimum atomic E-state index is -3.74. The summed E-state index contributed by atoms with van der Waals surface area (Å²) in [7, 11) is -3.74. The molecule has 2 heterocycles. The first-order valence-electron chi connectivity index (χ1n) is 7.55. The first kappa shape index (κ1) is 17.9. The molecule has 0 amide bonds. The smallest absolute Gasteiger partial charge is 0.243 e. The Bertz CT molecular complexity index is 777. The van der Waals surface area contributed by atoms with E-state index in [1.807, 2.05) is 5.38 Å². The number of hydrogen-bond acceptors (Lipinski definition) is 5. The van der Waals surface area contributed by atoms with E-state index in [9.17, 15) is 8.42 Å². The third-order valence-corrected chi connectivity index (χ3v) is 7.17. The lowest BCUT2D eigenvalue weighted by atomic mass is 9.99. The standard InChI is InChI=1S/C15H17Cl2N3O2S2/c16-12-4-1-5-13(17)14(12)24(21,22)19-9-11-3-2-7-20(10-11)15-18-6-8-23-15/h1,4-6,8,11,19H,2-3,7,9-10H2. The Morgan fingerprint density at radius 3 is 2.75 bits per heavy atom. The molecule has 1 saturated heterocycles. The lowest BCUT2D eigenvalue weighted by Gasteiger charge is -2.32. The van der Waals surface area contributed by atoms with Gasteiger partial charge >= 0.3 is 0 Å². The Kier molecular flexibility index (Phi) is 5.66. The summed E-state index contributed by atoms with van der Waals surface area (Å²) in [6.45, 7) is 2.09. The maximum absolute atomic E-state index is 12.5. The van der Waals surface area contributed by atoms with Gasteiger partial charge in [0, 0.05) is 31.2 Å². The number of aromatic nitrogens is 1. The third-order valence-electron chi connectivity index (χ3n) is 3.96. The topological polar surface area (TPSA) is 62.3 Å². The maximum Gasteiger partial charge on any atom is 0.243 e. The fourth-order valence-corrected chi connectivity index (χ4v) is 5.75. The molecule has 1 aliphatic rings. The van der Waals surface area contributed by atoms with E-state index >= 15 is 0 Å². The molecule has 0 aliphatic carbocycles. The fourth-order valence-electron chi connectivity index (χ4n) is 2.82. The molecule has 1 N–H and O–H groups in total. The van der Waals surface area contributed by atoms with Gasteiger partial charge < -0.3 is 4.90 Å². The minimum absolute atomic E-state index is 0.0547. The number of hydrogen-bond donors (Lipinski definition) is 1. The van der Waals surface area contributed by atoms with Crippen molar-refractivity contribution in [2.75, 3.05) is 24.5 Å². The summed E-state index contributed by atoms with van der Waals surface area (Å²) in [6.07, 6.45) is 3.77. The molecule has 3 rings (SSSR count). The Morgan fingerprint density at radius 1 is 1.33 bits per heavy atom. The number of anilines is 1. The molecular weight excluding hydrogens is 389 g/mol. The molecular formula is C15H17Cl2N3O2S2. The largest absolute Gasteiger partial charge is 0.348 e. The van der Waals surface area contributed by atoms with Crippen LogP contribution < -0.4 is 9.62 Å². The lowest BCUT2D eigenvalue weighted by molar-refractivity contribution is 0.410. The van der Waals surface area contributed by atoms with Crippen molar-refractivity contribution in [1.29, 1.82) is 0 Å². The second kappa shape index (κ2) is 7.58. The Morgan fingerprint density at radius 2 is 2.08 bits per heavy atom. The van der Waals surface area contributed by atoms with Crippen molar-refractivity contribution < 1.29 is 8.42 Å². The van der Waals surface area contributed by atoms with Crippen LogP contribution in [0.25, 0.3) is 0 Å². The van der Waals surface area contributed by atoms with Crippen LogP contribution in [0.5, 0.6) is 0 Å². The Labute approximate surface area is 155 Å². The summed E-state index contributed by atoms with van der Waals surface area (Å²) in [5, 5.41) is 3.18. The number of halogens is 2. The maximum atomic E-state index is 12.5. The second-order valence-electron chi connectivity index (χ2n) is 5.67. The van der Waals surface area contributed by atoms with Gasteiger partial charge in [0.15, 0.2) is 5.13 Å². The fraction of sp³-hybridized carbons (Fsp3) is 0.400. The third kappa shape index (κ3) is 4.03. The van der Waals surface area contributed by atoms with Crippen molar-refractivity contribution >= 4 is 49.7 Å². The van der Waals surface area contributed by atoms with Gasteiger partial charge in [0.25, 0.3) is 0 Å². The molecule has 1 unspecified atom stereocenters. The number of thiazole rings is 1. The van der Waals surface area contributed by atoms with Crippen molar-refractivity contribution in [2.24, 2.45) is 5.92 Å². The number of nitrogens with zero attached hydrogens (tertiary/aromatic N) is 2. The molecule has 24 heavy (non-hydrogen) atoms. The summed E-state index contributed by atoms with van der Waals surface area (Å²) >= 11 is 13.6. The van der Waals surface area contributed by atoms with Crippen molar-refractivity contribution in [3.05, 3.63) is 39.8 Å². The van der Waals surface area contributed by atoms with Crippen molar-refractivity contribution in [3.8, 4) is 0 Å². The molecule has 0 radical (unpaired) electrons. The van der Waals surface area contributed by atoms with Crippen molar-refractivity contribution in [2.45, 2.75) is 17.7 Å². The summed E-state index contributed by atoms with van der Waals surface area (Å²) in [5.74, 6) is 0.221. The van der Waals surface area contributed by atoms with Gasteiger partial charge in [-0.3, -0.25) is 0 Å². The van der Waals surface area contributed by atoms with Gasteiger partial charge in [-0.1, -0.05) is 29.3 Å². The van der Waals surface area contributed by atoms with Crippen molar-refractivity contribution in [1.82, 2.24) is 9.71 Å². The van der Waals surface area contributed by atoms with Gasteiger partial charge in [-0.15, -0.1) is 11.3 Å². The predicted molar refractivity (Wildman–Crippen MR) is 98.7 cm³/mol. The zero-order chi connectivity index (χ0) is 17.2. The molecule has 130 valence electrons. The summed E-state index contributed by atoms with van der Waals surface area (Å²) in [4.78, 5) is 6.47. The molecule has 9 heteroatoms. The second-order valence-corrected chi connectivity index (χ2v) is 9.06. The number of nitrogens with one attached hydrogen (secondary N) is 1. The average Bonchev–Trinajstić information content (AvgIpc) is 3.07. The summed E-state index contributed by atoms with van der Waals surface area (Å²) < 4.78 is 27.7. The highest BCUT2D eigenvalue weighted by Gasteiger charge is 2.26. The first-order chi connectivity index (χ1) is 11.5. The predicted octanol–water partition coefficient (Wildman–Crippen LogP) is 3.64. The number of rotatable bonds is 5. The Hall–Kier alpha value is -0.860. The van der Waals surface area contributed by atoms with Crippen molar-refractivity contribution in [3.63, 3.8) is 0 Å². The van der Waals surface area contributed by atoms with Crippen LogP contribution in [0.4, 0.5) is 5.13 Å². The molecule has 1 aliphatic heterocycles. The van der Waals surface area contributed by atoms with Gasteiger partial charge in [-0.2, -0.15) is 0 Å². The molecule has 0 spiro atoms. The lowest BCUT2D eigenvalue weighted by Crippen LogP contribution is -2.41. The van der Waals surface area contributed by atoms with Crippen LogP contribution in [0.1, 0.15) is 12.8 Å². The first-order valence-corrected chi connectivity index (χ1v) is 10.7. The summed E-state index contributed by atoms with van der Waals surface area (Å²) in [5.41, 5.74) is 0. The normalized spacial score (nSPS) is 18.8. The van der Waals surface area contributed by atoms with Crippen LogP contribution in [0.3, 0.4) is 0 Å². The van der Waals surface area contributed by atoms with Gasteiger partial charge in [0.1, 0.15) is 4.90 Å². The minimum Gasteiger partial charge on any atom is -0.348 e. The van der Waals surface area contributed by atoms with E-state index in [-0.39, 0.29) is 20.9 Å². The van der Waals surface area contributed by atoms with Crippen LogP contribution in [0.15, 0.2) is 34.7 Å². The zero-order valence-electron chi connectivity index (χ0n) is 12.8. The zero-order valence-corrected chi connectivity index (χ0v) is 15.9. The SMILES string of the molecule is O=S(=O)(NCC1CCCN(c2nccs2)C1)c1c(Cl)cccc1Cl. The van der Waals surface area contributed by atoms with E-state index in [1.54, 1.807) is 23.6 Å². The molecule has 1 atom stereocenters. The number of benzene rings is 1. The van der Waals surface area contributed by atoms with Gasteiger partial charge in [0.05, 0.1) is 10.0 Å². The van der Waals surface area contributed by atoms with E-state index in [2.05, 4.69) is 14.6 Å². The van der Waals surface area contributed by atoms with Crippen LogP contribution >= 0.6 is 34.5 Å². The quantitative estimate of drug-likeness (QED) is 0.824. The molecule has 5 nitrogen and oxygen atoms in total. The molecule has 2 aromatic rings. The average molecular weight is 406 g/mol. The van der Waals surface area contributed by atoms with Crippen LogP contribution in [-0.2, 0) is 10.0 Å². The molecule has 0 saturated carbocycles. The Balaban J connectivity index is 1.66. The summed E-state index contributed by atoms with van der Waals surface area (Å²) in [6, 6.07) is 4.66. The van der Waals surface area contributed by atoms with Gasteiger partial charge in [-0.25, -0.2) is 18.1 Å². The van der Waals surface area contributed by atoms with Crippen LogP contribution in [-0.4, -0.2) is 33.0 Å². The van der Waals surface area contributed by atoms with E-state index < -0.39 is 10.0 Å². The molecule has 1 aromatic carbocycles. The van der Waals surface area contributed by atoms with Gasteiger partial charge in [-0.05, 0) is 30.9 Å². The number of piperidine rings is 1. The molecule has 1 aromatic heterocycles. The highest BCUT2D eigenvalue weighted by atomic mass is 35.5. The van der Waals surface area contributed by atoms with E-state index in [0.717, 1.165) is 31.1 Å². The highest BCUT2D eigenvalue weighted by molar-refractivity contribution is 7.89. The number of sulfonamides is 1. The van der Waals surface area contributed by atoms with E-state index in [0.29, 0.717) is 6.54 Å². The van der Waals surface area contributed by atoms with Gasteiger partial charge in [0.2, 0.25) is 10.0 Å². The van der Waals surface area contributed by atoms with Crippen LogP contribution in [0.2, 0.25) is 10.0 Å². The monoisotopic (exact) mass is 405 g/mol. The highest BCUT2D eigenvalue weighted by Crippen LogP contribution is 2.29. The van der Waals surface area contributed by atoms with Crippen LogP contribution in [0, 0.1) is 5.92 Å². The van der Waals surface area contributed by atoms with E-state index in [4.69, 9.17) is 23.2 Å². The van der Waals surface area contributed by atoms with E-state index in [1.165, 1.54) is 12.1 Å². The molecule has 0 bridgehead atoms. The molecule has 1 fully saturated rings.